The van der Waals surface area contributed by atoms with Crippen molar-refractivity contribution in [3.05, 3.63) is 59.9 Å². The average Bonchev–Trinajstić information content (AvgIpc) is 2.62. The predicted octanol–water partition coefficient (Wildman–Crippen LogP) is 4.52. The number of nitrogens with one attached hydrogen (secondary N) is 1. The Morgan fingerprint density at radius 2 is 1.75 bits per heavy atom. The SMILES string of the molecule is CCCN(CCC)C(=O)c1ccc(NC(C)c2ccccc2)cn1. The molecular weight excluding hydrogens is 298 g/mol. The lowest BCUT2D eigenvalue weighted by Gasteiger charge is -2.21. The van der Waals surface area contributed by atoms with E-state index in [1.54, 1.807) is 12.3 Å². The molecule has 4 heteroatoms. The monoisotopic (exact) mass is 325 g/mol. The molecule has 0 saturated heterocycles. The largest absolute Gasteiger partial charge is 0.377 e. The van der Waals surface area contributed by atoms with Gasteiger partial charge in [-0.1, -0.05) is 44.2 Å². The van der Waals surface area contributed by atoms with Crippen molar-refractivity contribution in [2.75, 3.05) is 18.4 Å². The molecule has 0 saturated carbocycles. The fourth-order valence-corrected chi connectivity index (χ4v) is 2.70. The van der Waals surface area contributed by atoms with E-state index in [0.717, 1.165) is 31.6 Å². The van der Waals surface area contributed by atoms with Crippen LogP contribution in [-0.2, 0) is 0 Å². The number of rotatable bonds is 8. The summed E-state index contributed by atoms with van der Waals surface area (Å²) < 4.78 is 0. The van der Waals surface area contributed by atoms with Crippen molar-refractivity contribution in [2.45, 2.75) is 39.7 Å². The van der Waals surface area contributed by atoms with E-state index in [1.807, 2.05) is 29.2 Å². The number of carbonyl (C=O) groups excluding carboxylic acids is 1. The maximum atomic E-state index is 12.5. The molecule has 1 atom stereocenters. The van der Waals surface area contributed by atoms with Crippen LogP contribution in [0.5, 0.6) is 0 Å². The van der Waals surface area contributed by atoms with E-state index in [0.29, 0.717) is 5.69 Å². The van der Waals surface area contributed by atoms with E-state index < -0.39 is 0 Å². The predicted molar refractivity (Wildman–Crippen MR) is 99.2 cm³/mol. The summed E-state index contributed by atoms with van der Waals surface area (Å²) in [6.45, 7) is 7.83. The molecule has 24 heavy (non-hydrogen) atoms. The molecule has 1 heterocycles. The number of anilines is 1. The zero-order chi connectivity index (χ0) is 17.4. The summed E-state index contributed by atoms with van der Waals surface area (Å²) in [5.41, 5.74) is 2.64. The fraction of sp³-hybridized carbons (Fsp3) is 0.400. The van der Waals surface area contributed by atoms with Crippen LogP contribution in [-0.4, -0.2) is 28.9 Å². The Morgan fingerprint density at radius 1 is 1.08 bits per heavy atom. The molecule has 2 aromatic rings. The van der Waals surface area contributed by atoms with E-state index in [9.17, 15) is 4.79 Å². The van der Waals surface area contributed by atoms with Crippen LogP contribution in [0, 0.1) is 0 Å². The van der Waals surface area contributed by atoms with Crippen LogP contribution in [0.3, 0.4) is 0 Å². The molecule has 4 nitrogen and oxygen atoms in total. The van der Waals surface area contributed by atoms with Gasteiger partial charge in [0, 0.05) is 19.1 Å². The highest BCUT2D eigenvalue weighted by Gasteiger charge is 2.15. The number of amides is 1. The lowest BCUT2D eigenvalue weighted by molar-refractivity contribution is 0.0749. The van der Waals surface area contributed by atoms with Gasteiger partial charge in [0.1, 0.15) is 5.69 Å². The summed E-state index contributed by atoms with van der Waals surface area (Å²) in [7, 11) is 0. The van der Waals surface area contributed by atoms with Crippen molar-refractivity contribution in [1.82, 2.24) is 9.88 Å². The van der Waals surface area contributed by atoms with Gasteiger partial charge in [0.2, 0.25) is 0 Å². The molecule has 2 rings (SSSR count). The molecule has 0 spiro atoms. The number of aromatic nitrogens is 1. The van der Waals surface area contributed by atoms with Crippen LogP contribution in [0.4, 0.5) is 5.69 Å². The smallest absolute Gasteiger partial charge is 0.272 e. The number of nitrogens with zero attached hydrogens (tertiary/aromatic N) is 2. The molecule has 1 amide bonds. The quantitative estimate of drug-likeness (QED) is 0.776. The fourth-order valence-electron chi connectivity index (χ4n) is 2.70. The summed E-state index contributed by atoms with van der Waals surface area (Å²) >= 11 is 0. The van der Waals surface area contributed by atoms with E-state index in [4.69, 9.17) is 0 Å². The zero-order valence-electron chi connectivity index (χ0n) is 14.8. The van der Waals surface area contributed by atoms with Crippen LogP contribution >= 0.6 is 0 Å². The maximum Gasteiger partial charge on any atom is 0.272 e. The minimum atomic E-state index is 0.0151. The Hall–Kier alpha value is -2.36. The summed E-state index contributed by atoms with van der Waals surface area (Å²) in [5.74, 6) is 0.0151. The van der Waals surface area contributed by atoms with E-state index in [2.05, 4.69) is 43.2 Å². The third-order valence-corrected chi connectivity index (χ3v) is 3.94. The maximum absolute atomic E-state index is 12.5. The Labute approximate surface area is 144 Å². The zero-order valence-corrected chi connectivity index (χ0v) is 14.8. The Bertz CT molecular complexity index is 619. The number of hydrogen-bond donors (Lipinski definition) is 1. The Kier molecular flexibility index (Phi) is 6.79. The molecule has 1 N–H and O–H groups in total. The summed E-state index contributed by atoms with van der Waals surface area (Å²) in [4.78, 5) is 18.8. The Balaban J connectivity index is 2.03. The van der Waals surface area contributed by atoms with Crippen molar-refractivity contribution in [3.63, 3.8) is 0 Å². The van der Waals surface area contributed by atoms with Crippen LogP contribution < -0.4 is 5.32 Å². The van der Waals surface area contributed by atoms with Gasteiger partial charge in [-0.2, -0.15) is 0 Å². The number of hydrogen-bond acceptors (Lipinski definition) is 3. The second-order valence-corrected chi connectivity index (χ2v) is 6.00. The molecule has 1 aromatic carbocycles. The minimum Gasteiger partial charge on any atom is -0.377 e. The van der Waals surface area contributed by atoms with Crippen molar-refractivity contribution < 1.29 is 4.79 Å². The highest BCUT2D eigenvalue weighted by Crippen LogP contribution is 2.18. The third-order valence-electron chi connectivity index (χ3n) is 3.94. The first-order valence-corrected chi connectivity index (χ1v) is 8.72. The van der Waals surface area contributed by atoms with Crippen LogP contribution in [0.1, 0.15) is 55.7 Å². The van der Waals surface area contributed by atoms with Crippen molar-refractivity contribution in [2.24, 2.45) is 0 Å². The lowest BCUT2D eigenvalue weighted by atomic mass is 10.1. The van der Waals surface area contributed by atoms with Gasteiger partial charge in [-0.15, -0.1) is 0 Å². The molecule has 0 bridgehead atoms. The van der Waals surface area contributed by atoms with Gasteiger partial charge in [-0.25, -0.2) is 4.98 Å². The highest BCUT2D eigenvalue weighted by molar-refractivity contribution is 5.92. The number of pyridine rings is 1. The normalized spacial score (nSPS) is 11.8. The van der Waals surface area contributed by atoms with Gasteiger partial charge >= 0.3 is 0 Å². The second-order valence-electron chi connectivity index (χ2n) is 6.00. The third kappa shape index (κ3) is 4.82. The molecular formula is C20H27N3O. The Morgan fingerprint density at radius 3 is 2.29 bits per heavy atom. The molecule has 0 fully saturated rings. The van der Waals surface area contributed by atoms with Crippen molar-refractivity contribution in [1.29, 1.82) is 0 Å². The molecule has 128 valence electrons. The van der Waals surface area contributed by atoms with Gasteiger partial charge in [-0.3, -0.25) is 4.79 Å². The van der Waals surface area contributed by atoms with Gasteiger partial charge in [0.25, 0.3) is 5.91 Å². The molecule has 0 radical (unpaired) electrons. The molecule has 0 aliphatic heterocycles. The van der Waals surface area contributed by atoms with Gasteiger partial charge < -0.3 is 10.2 Å². The lowest BCUT2D eigenvalue weighted by Crippen LogP contribution is -2.33. The summed E-state index contributed by atoms with van der Waals surface area (Å²) in [6.07, 6.45) is 3.66. The van der Waals surface area contributed by atoms with Crippen molar-refractivity contribution in [3.8, 4) is 0 Å². The molecule has 1 aromatic heterocycles. The topological polar surface area (TPSA) is 45.2 Å². The minimum absolute atomic E-state index is 0.0151. The highest BCUT2D eigenvalue weighted by atomic mass is 16.2. The molecule has 1 unspecified atom stereocenters. The second kappa shape index (κ2) is 9.06. The standard InChI is InChI=1S/C20H27N3O/c1-4-13-23(14-5-2)20(24)19-12-11-18(15-21-19)22-16(3)17-9-7-6-8-10-17/h6-12,15-16,22H,4-5,13-14H2,1-3H3. The van der Waals surface area contributed by atoms with E-state index in [1.165, 1.54) is 5.56 Å². The van der Waals surface area contributed by atoms with Crippen molar-refractivity contribution >= 4 is 11.6 Å². The first-order chi connectivity index (χ1) is 11.7. The average molecular weight is 325 g/mol. The molecule has 0 aliphatic rings. The first-order valence-electron chi connectivity index (χ1n) is 8.72. The number of benzene rings is 1. The van der Waals surface area contributed by atoms with E-state index >= 15 is 0 Å². The van der Waals surface area contributed by atoms with Gasteiger partial charge in [0.15, 0.2) is 0 Å². The van der Waals surface area contributed by atoms with Crippen LogP contribution in [0.2, 0.25) is 0 Å². The summed E-state index contributed by atoms with van der Waals surface area (Å²) in [6, 6.07) is 14.2. The first kappa shape index (κ1) is 18.0. The van der Waals surface area contributed by atoms with Gasteiger partial charge in [-0.05, 0) is 37.5 Å². The van der Waals surface area contributed by atoms with Crippen LogP contribution in [0.25, 0.3) is 0 Å². The summed E-state index contributed by atoms with van der Waals surface area (Å²) in [5, 5.41) is 3.42. The number of carbonyl (C=O) groups is 1. The van der Waals surface area contributed by atoms with Crippen LogP contribution in [0.15, 0.2) is 48.7 Å². The van der Waals surface area contributed by atoms with E-state index in [-0.39, 0.29) is 11.9 Å². The molecule has 0 aliphatic carbocycles. The van der Waals surface area contributed by atoms with Gasteiger partial charge in [0.05, 0.1) is 11.9 Å².